The number of aliphatic hydroxyl groups is 1. The summed E-state index contributed by atoms with van der Waals surface area (Å²) in [5, 5.41) is 8.93. The van der Waals surface area contributed by atoms with Gasteiger partial charge in [0.05, 0.1) is 12.7 Å². The van der Waals surface area contributed by atoms with Crippen LogP contribution in [-0.4, -0.2) is 42.2 Å². The monoisotopic (exact) mass is 265 g/mol. The van der Waals surface area contributed by atoms with Gasteiger partial charge in [0.25, 0.3) is 5.91 Å². The van der Waals surface area contributed by atoms with Crippen LogP contribution in [0.5, 0.6) is 5.75 Å². The molecule has 0 aromatic heterocycles. The average molecular weight is 265 g/mol. The summed E-state index contributed by atoms with van der Waals surface area (Å²) in [6, 6.07) is 5.66. The van der Waals surface area contributed by atoms with Crippen molar-refractivity contribution in [3.63, 3.8) is 0 Å². The molecular weight excluding hydrogens is 242 g/mol. The average Bonchev–Trinajstić information content (AvgIpc) is 2.38. The minimum absolute atomic E-state index is 0.0519. The molecule has 0 atom stereocenters. The fraction of sp³-hybridized carbons (Fsp3) is 0.533. The van der Waals surface area contributed by atoms with Crippen molar-refractivity contribution >= 4 is 5.91 Å². The summed E-state index contributed by atoms with van der Waals surface area (Å²) in [7, 11) is 1.56. The van der Waals surface area contributed by atoms with Gasteiger partial charge >= 0.3 is 0 Å². The fourth-order valence-corrected chi connectivity index (χ4v) is 1.98. The van der Waals surface area contributed by atoms with Crippen LogP contribution in [0.4, 0.5) is 0 Å². The maximum atomic E-state index is 12.6. The molecule has 106 valence electrons. The molecule has 0 spiro atoms. The predicted octanol–water partition coefficient (Wildman–Crippen LogP) is 2.24. The van der Waals surface area contributed by atoms with Crippen LogP contribution in [0.25, 0.3) is 0 Å². The molecule has 0 fully saturated rings. The van der Waals surface area contributed by atoms with Gasteiger partial charge in [-0.2, -0.15) is 0 Å². The van der Waals surface area contributed by atoms with Gasteiger partial charge in [-0.3, -0.25) is 4.79 Å². The summed E-state index contributed by atoms with van der Waals surface area (Å²) in [6.07, 6.45) is 0.581. The molecular formula is C15H23NO3. The first-order valence-electron chi connectivity index (χ1n) is 6.57. The lowest BCUT2D eigenvalue weighted by molar-refractivity contribution is 0.0689. The molecule has 0 aliphatic rings. The van der Waals surface area contributed by atoms with Gasteiger partial charge in [0, 0.05) is 19.2 Å². The van der Waals surface area contributed by atoms with Crippen molar-refractivity contribution in [2.24, 2.45) is 0 Å². The van der Waals surface area contributed by atoms with Crippen LogP contribution >= 0.6 is 0 Å². The topological polar surface area (TPSA) is 49.8 Å². The first kappa shape index (κ1) is 15.5. The molecule has 0 bridgehead atoms. The Morgan fingerprint density at radius 2 is 2.11 bits per heavy atom. The van der Waals surface area contributed by atoms with Crippen molar-refractivity contribution in [3.05, 3.63) is 29.3 Å². The van der Waals surface area contributed by atoms with Crippen molar-refractivity contribution < 1.29 is 14.6 Å². The summed E-state index contributed by atoms with van der Waals surface area (Å²) in [5.74, 6) is 0.536. The van der Waals surface area contributed by atoms with Crippen molar-refractivity contribution in [2.75, 3.05) is 20.3 Å². The highest BCUT2D eigenvalue weighted by Gasteiger charge is 2.21. The molecule has 0 heterocycles. The molecule has 0 aliphatic carbocycles. The van der Waals surface area contributed by atoms with Gasteiger partial charge in [-0.05, 0) is 39.3 Å². The number of hydrogen-bond acceptors (Lipinski definition) is 3. The zero-order valence-corrected chi connectivity index (χ0v) is 12.1. The highest BCUT2D eigenvalue weighted by atomic mass is 16.5. The van der Waals surface area contributed by atoms with Crippen molar-refractivity contribution in [3.8, 4) is 5.75 Å². The normalized spacial score (nSPS) is 10.6. The van der Waals surface area contributed by atoms with Crippen molar-refractivity contribution in [1.82, 2.24) is 4.90 Å². The maximum Gasteiger partial charge on any atom is 0.257 e. The lowest BCUT2D eigenvalue weighted by atomic mass is 10.1. The number of carbonyl (C=O) groups is 1. The second-order valence-corrected chi connectivity index (χ2v) is 4.87. The molecule has 0 saturated heterocycles. The van der Waals surface area contributed by atoms with E-state index >= 15 is 0 Å². The van der Waals surface area contributed by atoms with Crippen LogP contribution in [0.15, 0.2) is 18.2 Å². The van der Waals surface area contributed by atoms with E-state index in [0.717, 1.165) is 5.56 Å². The first-order valence-corrected chi connectivity index (χ1v) is 6.57. The van der Waals surface area contributed by atoms with Crippen molar-refractivity contribution in [2.45, 2.75) is 33.2 Å². The Hall–Kier alpha value is -1.55. The molecule has 1 amide bonds. The Labute approximate surface area is 115 Å². The van der Waals surface area contributed by atoms with Crippen LogP contribution in [-0.2, 0) is 0 Å². The van der Waals surface area contributed by atoms with Crippen LogP contribution in [0.1, 0.15) is 36.2 Å². The molecule has 1 aromatic carbocycles. The van der Waals surface area contributed by atoms with Gasteiger partial charge in [-0.25, -0.2) is 0 Å². The van der Waals surface area contributed by atoms with Crippen LogP contribution in [0.3, 0.4) is 0 Å². The number of ether oxygens (including phenoxy) is 1. The van der Waals surface area contributed by atoms with E-state index in [1.165, 1.54) is 0 Å². The molecule has 19 heavy (non-hydrogen) atoms. The Balaban J connectivity index is 3.04. The number of methoxy groups -OCH3 is 1. The predicted molar refractivity (Wildman–Crippen MR) is 75.6 cm³/mol. The summed E-state index contributed by atoms with van der Waals surface area (Å²) in [4.78, 5) is 14.3. The molecule has 4 nitrogen and oxygen atoms in total. The maximum absolute atomic E-state index is 12.6. The molecule has 4 heteroatoms. The number of rotatable bonds is 6. The zero-order chi connectivity index (χ0) is 14.4. The quantitative estimate of drug-likeness (QED) is 0.858. The van der Waals surface area contributed by atoms with Crippen LogP contribution in [0.2, 0.25) is 0 Å². The molecule has 0 aliphatic heterocycles. The Morgan fingerprint density at radius 1 is 1.42 bits per heavy atom. The minimum atomic E-state index is -0.0519. The summed E-state index contributed by atoms with van der Waals surface area (Å²) >= 11 is 0. The van der Waals surface area contributed by atoms with Gasteiger partial charge in [-0.15, -0.1) is 0 Å². The zero-order valence-electron chi connectivity index (χ0n) is 12.1. The largest absolute Gasteiger partial charge is 0.496 e. The van der Waals surface area contributed by atoms with E-state index in [1.54, 1.807) is 12.0 Å². The van der Waals surface area contributed by atoms with E-state index in [1.807, 2.05) is 39.0 Å². The van der Waals surface area contributed by atoms with E-state index in [-0.39, 0.29) is 18.6 Å². The first-order chi connectivity index (χ1) is 9.01. The van der Waals surface area contributed by atoms with Gasteiger partial charge in [-0.1, -0.05) is 11.6 Å². The summed E-state index contributed by atoms with van der Waals surface area (Å²) < 4.78 is 5.26. The number of hydrogen-bond donors (Lipinski definition) is 1. The Kier molecular flexibility index (Phi) is 5.83. The Morgan fingerprint density at radius 3 is 2.63 bits per heavy atom. The standard InChI is InChI=1S/C15H23NO3/c1-11(2)16(8-5-9-17)15(18)13-10-12(3)6-7-14(13)19-4/h6-7,10-11,17H,5,8-9H2,1-4H3. The minimum Gasteiger partial charge on any atom is -0.496 e. The second-order valence-electron chi connectivity index (χ2n) is 4.87. The molecule has 0 saturated carbocycles. The number of benzene rings is 1. The highest BCUT2D eigenvalue weighted by molar-refractivity contribution is 5.97. The molecule has 0 unspecified atom stereocenters. The number of aryl methyl sites for hydroxylation is 1. The molecule has 1 aromatic rings. The van der Waals surface area contributed by atoms with Crippen molar-refractivity contribution in [1.29, 1.82) is 0 Å². The second kappa shape index (κ2) is 7.14. The number of amides is 1. The number of nitrogens with zero attached hydrogens (tertiary/aromatic N) is 1. The summed E-state index contributed by atoms with van der Waals surface area (Å²) in [6.45, 7) is 6.52. The van der Waals surface area contributed by atoms with E-state index in [4.69, 9.17) is 9.84 Å². The number of aliphatic hydroxyl groups excluding tert-OH is 1. The van der Waals surface area contributed by atoms with E-state index in [2.05, 4.69) is 0 Å². The molecule has 1 N–H and O–H groups in total. The van der Waals surface area contributed by atoms with Gasteiger partial charge in [0.1, 0.15) is 5.75 Å². The SMILES string of the molecule is COc1ccc(C)cc1C(=O)N(CCCO)C(C)C. The van der Waals surface area contributed by atoms with E-state index in [0.29, 0.717) is 24.3 Å². The Bertz CT molecular complexity index is 429. The summed E-state index contributed by atoms with van der Waals surface area (Å²) in [5.41, 5.74) is 1.60. The van der Waals surface area contributed by atoms with Crippen LogP contribution in [0, 0.1) is 6.92 Å². The molecule has 1 rings (SSSR count). The van der Waals surface area contributed by atoms with E-state index in [9.17, 15) is 4.79 Å². The lowest BCUT2D eigenvalue weighted by Gasteiger charge is -2.27. The van der Waals surface area contributed by atoms with Gasteiger partial charge in [0.15, 0.2) is 0 Å². The third-order valence-corrected chi connectivity index (χ3v) is 3.03. The smallest absolute Gasteiger partial charge is 0.257 e. The number of carbonyl (C=O) groups excluding carboxylic acids is 1. The fourth-order valence-electron chi connectivity index (χ4n) is 1.98. The van der Waals surface area contributed by atoms with E-state index < -0.39 is 0 Å². The van der Waals surface area contributed by atoms with Crippen LogP contribution < -0.4 is 4.74 Å². The lowest BCUT2D eigenvalue weighted by Crippen LogP contribution is -2.38. The molecule has 0 radical (unpaired) electrons. The third kappa shape index (κ3) is 3.96. The highest BCUT2D eigenvalue weighted by Crippen LogP contribution is 2.22. The van der Waals surface area contributed by atoms with Gasteiger partial charge in [0.2, 0.25) is 0 Å². The third-order valence-electron chi connectivity index (χ3n) is 3.03. The van der Waals surface area contributed by atoms with Gasteiger partial charge < -0.3 is 14.7 Å².